The van der Waals surface area contributed by atoms with Crippen LogP contribution in [0, 0.1) is 6.92 Å². The fraction of sp³-hybridized carbons (Fsp3) is 0.150. The van der Waals surface area contributed by atoms with Gasteiger partial charge in [0.15, 0.2) is 0 Å². The van der Waals surface area contributed by atoms with Crippen molar-refractivity contribution in [3.05, 3.63) is 88.1 Å². The van der Waals surface area contributed by atoms with Gasteiger partial charge in [-0.3, -0.25) is 4.79 Å². The molecule has 1 heterocycles. The second-order valence-corrected chi connectivity index (χ2v) is 6.57. The third-order valence-corrected chi connectivity index (χ3v) is 4.79. The van der Waals surface area contributed by atoms with E-state index in [0.29, 0.717) is 0 Å². The van der Waals surface area contributed by atoms with E-state index in [1.54, 1.807) is 11.3 Å². The van der Waals surface area contributed by atoms with Gasteiger partial charge in [-0.25, -0.2) is 0 Å². The Bertz CT molecular complexity index is 784. The summed E-state index contributed by atoms with van der Waals surface area (Å²) in [5.74, 6) is -0.0273. The fourth-order valence-corrected chi connectivity index (χ4v) is 3.38. The summed E-state index contributed by atoms with van der Waals surface area (Å²) in [7, 11) is 0. The normalized spacial score (nSPS) is 11.7. The second-order valence-electron chi connectivity index (χ2n) is 5.60. The lowest BCUT2D eigenvalue weighted by Gasteiger charge is -2.19. The van der Waals surface area contributed by atoms with Crippen molar-refractivity contribution in [1.29, 1.82) is 0 Å². The van der Waals surface area contributed by atoms with Gasteiger partial charge in [-0.15, -0.1) is 11.3 Å². The molecule has 0 fully saturated rings. The molecule has 1 unspecified atom stereocenters. The molecule has 0 bridgehead atoms. The molecule has 24 heavy (non-hydrogen) atoms. The maximum absolute atomic E-state index is 12.4. The summed E-state index contributed by atoms with van der Waals surface area (Å²) >= 11 is 1.65. The number of hydrogen-bond acceptors (Lipinski definition) is 3. The minimum Gasteiger partial charge on any atom is -0.376 e. The second kappa shape index (κ2) is 7.79. The quantitative estimate of drug-likeness (QED) is 0.701. The van der Waals surface area contributed by atoms with Crippen LogP contribution in [0.5, 0.6) is 0 Å². The van der Waals surface area contributed by atoms with Crippen molar-refractivity contribution in [2.24, 2.45) is 0 Å². The van der Waals surface area contributed by atoms with Crippen molar-refractivity contribution in [1.82, 2.24) is 5.32 Å². The first kappa shape index (κ1) is 16.3. The number of anilines is 1. The zero-order valence-corrected chi connectivity index (χ0v) is 14.3. The Kier molecular flexibility index (Phi) is 5.29. The van der Waals surface area contributed by atoms with Crippen LogP contribution < -0.4 is 10.6 Å². The van der Waals surface area contributed by atoms with Gasteiger partial charge in [0.1, 0.15) is 0 Å². The molecule has 2 aromatic carbocycles. The summed E-state index contributed by atoms with van der Waals surface area (Å²) in [5.41, 5.74) is 3.20. The van der Waals surface area contributed by atoms with Crippen LogP contribution >= 0.6 is 11.3 Å². The third kappa shape index (κ3) is 4.03. The lowest BCUT2D eigenvalue weighted by atomic mass is 10.1. The average Bonchev–Trinajstić information content (AvgIpc) is 3.14. The number of carbonyl (C=O) groups is 1. The molecule has 122 valence electrons. The van der Waals surface area contributed by atoms with Crippen molar-refractivity contribution in [2.75, 3.05) is 11.9 Å². The topological polar surface area (TPSA) is 41.1 Å². The molecule has 3 rings (SSSR count). The largest absolute Gasteiger partial charge is 0.376 e. The van der Waals surface area contributed by atoms with Gasteiger partial charge >= 0.3 is 0 Å². The molecule has 0 saturated carbocycles. The molecular formula is C20H20N2OS. The van der Waals surface area contributed by atoms with Crippen LogP contribution in [0.25, 0.3) is 0 Å². The van der Waals surface area contributed by atoms with Crippen LogP contribution in [0.15, 0.2) is 72.1 Å². The van der Waals surface area contributed by atoms with Crippen LogP contribution in [0.2, 0.25) is 0 Å². The number of rotatable bonds is 6. The van der Waals surface area contributed by atoms with Gasteiger partial charge in [0.25, 0.3) is 0 Å². The highest BCUT2D eigenvalue weighted by Crippen LogP contribution is 2.25. The van der Waals surface area contributed by atoms with Gasteiger partial charge in [0, 0.05) is 10.6 Å². The van der Waals surface area contributed by atoms with Crippen molar-refractivity contribution < 1.29 is 4.79 Å². The molecule has 3 aromatic rings. The lowest BCUT2D eigenvalue weighted by Crippen LogP contribution is -2.33. The van der Waals surface area contributed by atoms with Crippen LogP contribution in [0.1, 0.15) is 22.0 Å². The lowest BCUT2D eigenvalue weighted by molar-refractivity contribution is -0.119. The summed E-state index contributed by atoms with van der Waals surface area (Å²) in [6.07, 6.45) is 0. The van der Waals surface area contributed by atoms with E-state index in [-0.39, 0.29) is 18.5 Å². The average molecular weight is 336 g/mol. The molecule has 3 nitrogen and oxygen atoms in total. The van der Waals surface area contributed by atoms with E-state index in [0.717, 1.165) is 21.7 Å². The van der Waals surface area contributed by atoms with Gasteiger partial charge in [0.05, 0.1) is 12.6 Å². The Hall–Kier alpha value is -2.59. The van der Waals surface area contributed by atoms with Crippen LogP contribution in [-0.2, 0) is 4.79 Å². The van der Waals surface area contributed by atoms with Crippen LogP contribution in [0.3, 0.4) is 0 Å². The number of benzene rings is 2. The molecule has 4 heteroatoms. The van der Waals surface area contributed by atoms with Gasteiger partial charge in [-0.05, 0) is 35.6 Å². The third-order valence-electron chi connectivity index (χ3n) is 3.85. The number of para-hydroxylation sites is 1. The smallest absolute Gasteiger partial charge is 0.240 e. The van der Waals surface area contributed by atoms with E-state index >= 15 is 0 Å². The Balaban J connectivity index is 1.69. The number of amides is 1. The number of nitrogens with one attached hydrogen (secondary N) is 2. The van der Waals surface area contributed by atoms with Gasteiger partial charge < -0.3 is 10.6 Å². The molecule has 0 aliphatic heterocycles. The number of thiophene rings is 1. The summed E-state index contributed by atoms with van der Waals surface area (Å²) in [5, 5.41) is 8.37. The van der Waals surface area contributed by atoms with E-state index in [4.69, 9.17) is 0 Å². The van der Waals surface area contributed by atoms with E-state index in [2.05, 4.69) is 16.7 Å². The predicted octanol–water partition coefficient (Wildman–Crippen LogP) is 4.37. The van der Waals surface area contributed by atoms with Crippen molar-refractivity contribution in [3.63, 3.8) is 0 Å². The summed E-state index contributed by atoms with van der Waals surface area (Å²) < 4.78 is 0. The van der Waals surface area contributed by atoms with Crippen molar-refractivity contribution >= 4 is 22.9 Å². The minimum atomic E-state index is -0.114. The monoisotopic (exact) mass is 336 g/mol. The zero-order valence-electron chi connectivity index (χ0n) is 13.5. The Labute approximate surface area is 146 Å². The Morgan fingerprint density at radius 2 is 1.75 bits per heavy atom. The fourth-order valence-electron chi connectivity index (χ4n) is 2.58. The maximum atomic E-state index is 12.4. The number of hydrogen-bond donors (Lipinski definition) is 2. The molecule has 0 saturated heterocycles. The number of carbonyl (C=O) groups excluding carboxylic acids is 1. The molecule has 1 aromatic heterocycles. The molecule has 0 spiro atoms. The molecular weight excluding hydrogens is 316 g/mol. The van der Waals surface area contributed by atoms with Gasteiger partial charge in [0.2, 0.25) is 5.91 Å². The van der Waals surface area contributed by atoms with Crippen molar-refractivity contribution in [3.8, 4) is 0 Å². The Morgan fingerprint density at radius 1 is 1.00 bits per heavy atom. The molecule has 0 aliphatic rings. The van der Waals surface area contributed by atoms with Crippen molar-refractivity contribution in [2.45, 2.75) is 13.0 Å². The highest BCUT2D eigenvalue weighted by atomic mass is 32.1. The zero-order chi connectivity index (χ0) is 16.8. The maximum Gasteiger partial charge on any atom is 0.240 e. The summed E-state index contributed by atoms with van der Waals surface area (Å²) in [6.45, 7) is 2.28. The standard InChI is InChI=1S/C20H20N2OS/c1-15-8-5-6-11-17(15)21-14-19(23)22-20(18-12-7-13-24-18)16-9-3-2-4-10-16/h2-13,20-21H,14H2,1H3,(H,22,23). The summed E-state index contributed by atoms with van der Waals surface area (Å²) in [4.78, 5) is 13.6. The van der Waals surface area contributed by atoms with Crippen LogP contribution in [-0.4, -0.2) is 12.5 Å². The number of aryl methyl sites for hydroxylation is 1. The molecule has 0 aliphatic carbocycles. The molecule has 1 atom stereocenters. The SMILES string of the molecule is Cc1ccccc1NCC(=O)NC(c1ccccc1)c1cccs1. The highest BCUT2D eigenvalue weighted by Gasteiger charge is 2.17. The van der Waals surface area contributed by atoms with Crippen LogP contribution in [0.4, 0.5) is 5.69 Å². The molecule has 0 radical (unpaired) electrons. The molecule has 1 amide bonds. The first-order valence-corrected chi connectivity index (χ1v) is 8.79. The van der Waals surface area contributed by atoms with Gasteiger partial charge in [-0.2, -0.15) is 0 Å². The minimum absolute atomic E-state index is 0.0273. The van der Waals surface area contributed by atoms with E-state index in [1.165, 1.54) is 0 Å². The summed E-state index contributed by atoms with van der Waals surface area (Å²) in [6, 6.07) is 22.0. The molecule has 2 N–H and O–H groups in total. The van der Waals surface area contributed by atoms with E-state index in [1.807, 2.05) is 73.0 Å². The van der Waals surface area contributed by atoms with E-state index in [9.17, 15) is 4.79 Å². The Morgan fingerprint density at radius 3 is 2.46 bits per heavy atom. The predicted molar refractivity (Wildman–Crippen MR) is 100 cm³/mol. The van der Waals surface area contributed by atoms with Gasteiger partial charge in [-0.1, -0.05) is 54.6 Å². The highest BCUT2D eigenvalue weighted by molar-refractivity contribution is 7.10. The van der Waals surface area contributed by atoms with E-state index < -0.39 is 0 Å². The first-order valence-electron chi connectivity index (χ1n) is 7.91. The first-order chi connectivity index (χ1) is 11.7.